The standard InChI is InChI=1S/C17H25NO3/c1-12(2)21-15-9-7-13(8-10-15)17(20)18-16-6-4-3-5-14(16)11-19/h7-10,12,14,16,19H,3-6,11H2,1-2H3,(H,18,20). The van der Waals surface area contributed by atoms with Crippen molar-refractivity contribution in [2.24, 2.45) is 5.92 Å². The van der Waals surface area contributed by atoms with E-state index in [1.165, 1.54) is 0 Å². The Hall–Kier alpha value is -1.55. The van der Waals surface area contributed by atoms with Crippen LogP contribution in [0.2, 0.25) is 0 Å². The maximum Gasteiger partial charge on any atom is 0.251 e. The summed E-state index contributed by atoms with van der Waals surface area (Å²) in [6.45, 7) is 4.09. The number of carbonyl (C=O) groups excluding carboxylic acids is 1. The topological polar surface area (TPSA) is 58.6 Å². The van der Waals surface area contributed by atoms with E-state index in [1.54, 1.807) is 12.1 Å². The fraction of sp³-hybridized carbons (Fsp3) is 0.588. The summed E-state index contributed by atoms with van der Waals surface area (Å²) in [5.74, 6) is 0.884. The van der Waals surface area contributed by atoms with Crippen molar-refractivity contribution in [1.29, 1.82) is 0 Å². The Morgan fingerprint density at radius 3 is 2.57 bits per heavy atom. The number of benzene rings is 1. The van der Waals surface area contributed by atoms with E-state index in [4.69, 9.17) is 4.74 Å². The van der Waals surface area contributed by atoms with E-state index in [1.807, 2.05) is 26.0 Å². The van der Waals surface area contributed by atoms with Crippen LogP contribution in [-0.4, -0.2) is 29.8 Å². The summed E-state index contributed by atoms with van der Waals surface area (Å²) < 4.78 is 5.57. The zero-order chi connectivity index (χ0) is 15.2. The first-order valence-electron chi connectivity index (χ1n) is 7.78. The lowest BCUT2D eigenvalue weighted by Gasteiger charge is -2.30. The molecule has 2 rings (SSSR count). The molecule has 116 valence electrons. The largest absolute Gasteiger partial charge is 0.491 e. The summed E-state index contributed by atoms with van der Waals surface area (Å²) in [7, 11) is 0. The molecule has 1 amide bonds. The number of rotatable bonds is 5. The monoisotopic (exact) mass is 291 g/mol. The first-order chi connectivity index (χ1) is 10.1. The number of ether oxygens (including phenoxy) is 1. The molecular weight excluding hydrogens is 266 g/mol. The van der Waals surface area contributed by atoms with Crippen molar-refractivity contribution < 1.29 is 14.6 Å². The number of carbonyl (C=O) groups is 1. The average molecular weight is 291 g/mol. The SMILES string of the molecule is CC(C)Oc1ccc(C(=O)NC2CCCCC2CO)cc1. The lowest BCUT2D eigenvalue weighted by Crippen LogP contribution is -2.43. The molecule has 1 aliphatic rings. The second kappa shape index (κ2) is 7.46. The summed E-state index contributed by atoms with van der Waals surface area (Å²) >= 11 is 0. The summed E-state index contributed by atoms with van der Waals surface area (Å²) in [5, 5.41) is 12.5. The molecule has 4 heteroatoms. The molecular formula is C17H25NO3. The minimum Gasteiger partial charge on any atom is -0.491 e. The number of nitrogens with one attached hydrogen (secondary N) is 1. The van der Waals surface area contributed by atoms with E-state index in [2.05, 4.69) is 5.32 Å². The molecule has 0 saturated heterocycles. The summed E-state index contributed by atoms with van der Waals surface area (Å²) in [5.41, 5.74) is 0.633. The van der Waals surface area contributed by atoms with Crippen LogP contribution >= 0.6 is 0 Å². The van der Waals surface area contributed by atoms with E-state index in [0.29, 0.717) is 5.56 Å². The van der Waals surface area contributed by atoms with Gasteiger partial charge < -0.3 is 15.2 Å². The molecule has 21 heavy (non-hydrogen) atoms. The van der Waals surface area contributed by atoms with E-state index in [-0.39, 0.29) is 30.6 Å². The van der Waals surface area contributed by atoms with Gasteiger partial charge in [0.15, 0.2) is 0 Å². The number of aliphatic hydroxyl groups is 1. The van der Waals surface area contributed by atoms with E-state index in [0.717, 1.165) is 31.4 Å². The molecule has 2 unspecified atom stereocenters. The highest BCUT2D eigenvalue weighted by Gasteiger charge is 2.26. The Labute approximate surface area is 126 Å². The van der Waals surface area contributed by atoms with E-state index in [9.17, 15) is 9.90 Å². The number of amides is 1. The van der Waals surface area contributed by atoms with Crippen molar-refractivity contribution in [2.45, 2.75) is 51.7 Å². The van der Waals surface area contributed by atoms with Crippen molar-refractivity contribution in [1.82, 2.24) is 5.32 Å². The second-order valence-corrected chi connectivity index (χ2v) is 6.00. The molecule has 2 N–H and O–H groups in total. The Balaban J connectivity index is 1.96. The van der Waals surface area contributed by atoms with Crippen molar-refractivity contribution >= 4 is 5.91 Å². The first-order valence-corrected chi connectivity index (χ1v) is 7.78. The van der Waals surface area contributed by atoms with Gasteiger partial charge in [0.25, 0.3) is 5.91 Å². The van der Waals surface area contributed by atoms with Crippen LogP contribution in [-0.2, 0) is 0 Å². The van der Waals surface area contributed by atoms with Gasteiger partial charge in [-0.15, -0.1) is 0 Å². The molecule has 1 saturated carbocycles. The van der Waals surface area contributed by atoms with Crippen molar-refractivity contribution in [2.75, 3.05) is 6.61 Å². The zero-order valence-electron chi connectivity index (χ0n) is 12.8. The van der Waals surface area contributed by atoms with E-state index >= 15 is 0 Å². The minimum atomic E-state index is -0.0727. The van der Waals surface area contributed by atoms with Crippen molar-refractivity contribution in [3.05, 3.63) is 29.8 Å². The fourth-order valence-electron chi connectivity index (χ4n) is 2.82. The van der Waals surface area contributed by atoms with Crippen LogP contribution in [0.4, 0.5) is 0 Å². The molecule has 4 nitrogen and oxygen atoms in total. The summed E-state index contributed by atoms with van der Waals surface area (Å²) in [4.78, 5) is 12.3. The van der Waals surface area contributed by atoms with Crippen molar-refractivity contribution in [3.8, 4) is 5.75 Å². The molecule has 0 radical (unpaired) electrons. The molecule has 1 fully saturated rings. The fourth-order valence-corrected chi connectivity index (χ4v) is 2.82. The van der Waals surface area contributed by atoms with Gasteiger partial charge >= 0.3 is 0 Å². The van der Waals surface area contributed by atoms with Gasteiger partial charge in [0.05, 0.1) is 6.10 Å². The Morgan fingerprint density at radius 1 is 1.29 bits per heavy atom. The highest BCUT2D eigenvalue weighted by atomic mass is 16.5. The van der Waals surface area contributed by atoms with Crippen LogP contribution in [0.5, 0.6) is 5.75 Å². The van der Waals surface area contributed by atoms with Gasteiger partial charge in [0, 0.05) is 24.1 Å². The average Bonchev–Trinajstić information content (AvgIpc) is 2.48. The Kier molecular flexibility index (Phi) is 5.62. The molecule has 0 heterocycles. The van der Waals surface area contributed by atoms with Gasteiger partial charge in [-0.3, -0.25) is 4.79 Å². The van der Waals surface area contributed by atoms with Gasteiger partial charge in [0.1, 0.15) is 5.75 Å². The van der Waals surface area contributed by atoms with Crippen LogP contribution in [0.15, 0.2) is 24.3 Å². The maximum absolute atomic E-state index is 12.3. The van der Waals surface area contributed by atoms with Crippen LogP contribution < -0.4 is 10.1 Å². The Bertz CT molecular complexity index is 456. The number of aliphatic hydroxyl groups excluding tert-OH is 1. The van der Waals surface area contributed by atoms with Crippen LogP contribution in [0.25, 0.3) is 0 Å². The highest BCUT2D eigenvalue weighted by molar-refractivity contribution is 5.94. The van der Waals surface area contributed by atoms with Gasteiger partial charge in [-0.2, -0.15) is 0 Å². The zero-order valence-corrected chi connectivity index (χ0v) is 12.8. The molecule has 0 aromatic heterocycles. The molecule has 1 aromatic carbocycles. The predicted octanol–water partition coefficient (Wildman–Crippen LogP) is 2.75. The maximum atomic E-state index is 12.3. The third-order valence-corrected chi connectivity index (χ3v) is 3.95. The third kappa shape index (κ3) is 4.46. The van der Waals surface area contributed by atoms with Crippen molar-refractivity contribution in [3.63, 3.8) is 0 Å². The molecule has 2 atom stereocenters. The van der Waals surface area contributed by atoms with E-state index < -0.39 is 0 Å². The second-order valence-electron chi connectivity index (χ2n) is 6.00. The molecule has 0 aliphatic heterocycles. The third-order valence-electron chi connectivity index (χ3n) is 3.95. The predicted molar refractivity (Wildman–Crippen MR) is 82.5 cm³/mol. The number of hydrogen-bond acceptors (Lipinski definition) is 3. The molecule has 1 aromatic rings. The normalized spacial score (nSPS) is 22.1. The van der Waals surface area contributed by atoms with Gasteiger partial charge in [0.2, 0.25) is 0 Å². The first kappa shape index (κ1) is 15.8. The molecule has 0 bridgehead atoms. The van der Waals surface area contributed by atoms with Crippen LogP contribution in [0.3, 0.4) is 0 Å². The minimum absolute atomic E-state index is 0.0727. The molecule has 0 spiro atoms. The van der Waals surface area contributed by atoms with Gasteiger partial charge in [-0.05, 0) is 51.0 Å². The summed E-state index contributed by atoms with van der Waals surface area (Å²) in [6, 6.07) is 7.29. The smallest absolute Gasteiger partial charge is 0.251 e. The van der Waals surface area contributed by atoms with Crippen LogP contribution in [0, 0.1) is 5.92 Å². The lowest BCUT2D eigenvalue weighted by atomic mass is 9.85. The Morgan fingerprint density at radius 2 is 1.95 bits per heavy atom. The van der Waals surface area contributed by atoms with Crippen LogP contribution in [0.1, 0.15) is 49.9 Å². The highest BCUT2D eigenvalue weighted by Crippen LogP contribution is 2.24. The number of hydrogen-bond donors (Lipinski definition) is 2. The quantitative estimate of drug-likeness (QED) is 0.877. The summed E-state index contributed by atoms with van der Waals surface area (Å²) in [6.07, 6.45) is 4.31. The van der Waals surface area contributed by atoms with Gasteiger partial charge in [-0.1, -0.05) is 12.8 Å². The molecule has 1 aliphatic carbocycles. The van der Waals surface area contributed by atoms with Gasteiger partial charge in [-0.25, -0.2) is 0 Å². The lowest BCUT2D eigenvalue weighted by molar-refractivity contribution is 0.0872.